The predicted octanol–water partition coefficient (Wildman–Crippen LogP) is 3.94. The number of hydrazine groups is 1. The van der Waals surface area contributed by atoms with Gasteiger partial charge in [-0.2, -0.15) is 13.2 Å². The van der Waals surface area contributed by atoms with E-state index in [9.17, 15) is 22.8 Å². The number of nitrogens with one attached hydrogen (secondary N) is 3. The maximum absolute atomic E-state index is 12.9. The van der Waals surface area contributed by atoms with E-state index in [0.29, 0.717) is 17.9 Å². The Balaban J connectivity index is 1.67. The summed E-state index contributed by atoms with van der Waals surface area (Å²) in [6, 6.07) is 13.5. The number of aromatic nitrogens is 3. The van der Waals surface area contributed by atoms with E-state index in [4.69, 9.17) is 12.2 Å². The summed E-state index contributed by atoms with van der Waals surface area (Å²) < 4.78 is 41.2. The van der Waals surface area contributed by atoms with Crippen molar-refractivity contribution in [3.63, 3.8) is 0 Å². The van der Waals surface area contributed by atoms with E-state index in [-0.39, 0.29) is 17.3 Å². The molecule has 12 heteroatoms. The van der Waals surface area contributed by atoms with Crippen LogP contribution in [0.2, 0.25) is 0 Å². The third-order valence-electron chi connectivity index (χ3n) is 4.99. The van der Waals surface area contributed by atoms with Crippen molar-refractivity contribution < 1.29 is 18.0 Å². The first-order valence-corrected chi connectivity index (χ1v) is 11.4. The van der Waals surface area contributed by atoms with Gasteiger partial charge >= 0.3 is 11.9 Å². The Morgan fingerprint density at radius 2 is 1.80 bits per heavy atom. The van der Waals surface area contributed by atoms with Gasteiger partial charge in [-0.1, -0.05) is 56.2 Å². The summed E-state index contributed by atoms with van der Waals surface area (Å²) in [5.74, 6) is -0.238. The third kappa shape index (κ3) is 7.15. The maximum atomic E-state index is 12.9. The van der Waals surface area contributed by atoms with Crippen LogP contribution in [-0.2, 0) is 24.1 Å². The van der Waals surface area contributed by atoms with Gasteiger partial charge in [-0.15, -0.1) is 5.10 Å². The Hall–Kier alpha value is -3.67. The fourth-order valence-corrected chi connectivity index (χ4v) is 3.46. The number of alkyl halides is 3. The second kappa shape index (κ2) is 11.6. The number of hydrogen-bond acceptors (Lipinski definition) is 4. The molecule has 0 aliphatic rings. The van der Waals surface area contributed by atoms with Crippen LogP contribution in [0.3, 0.4) is 0 Å². The lowest BCUT2D eigenvalue weighted by atomic mass is 10.2. The van der Waals surface area contributed by atoms with E-state index in [2.05, 4.69) is 28.2 Å². The molecular formula is C23H25F3N6O2S. The van der Waals surface area contributed by atoms with E-state index in [1.807, 2.05) is 6.07 Å². The first-order chi connectivity index (χ1) is 16.7. The van der Waals surface area contributed by atoms with Gasteiger partial charge in [-0.3, -0.25) is 20.2 Å². The molecule has 0 fully saturated rings. The molecule has 3 rings (SSSR count). The van der Waals surface area contributed by atoms with Crippen LogP contribution in [0, 0.1) is 0 Å². The van der Waals surface area contributed by atoms with E-state index in [0.717, 1.165) is 31.4 Å². The van der Waals surface area contributed by atoms with Gasteiger partial charge in [0.05, 0.1) is 5.56 Å². The van der Waals surface area contributed by atoms with Crippen molar-refractivity contribution in [3.05, 3.63) is 70.6 Å². The lowest BCUT2D eigenvalue weighted by molar-refractivity contribution is -0.137. The highest BCUT2D eigenvalue weighted by atomic mass is 32.1. The summed E-state index contributed by atoms with van der Waals surface area (Å²) in [7, 11) is 0. The average molecular weight is 507 g/mol. The number of halogens is 3. The number of nitrogens with zero attached hydrogens (tertiary/aromatic N) is 3. The monoisotopic (exact) mass is 506 g/mol. The molecule has 0 bridgehead atoms. The summed E-state index contributed by atoms with van der Waals surface area (Å²) in [6.07, 6.45) is -1.78. The maximum Gasteiger partial charge on any atom is 0.416 e. The summed E-state index contributed by atoms with van der Waals surface area (Å²) in [5.41, 5.74) is 4.31. The van der Waals surface area contributed by atoms with Crippen molar-refractivity contribution >= 4 is 28.9 Å². The Bertz CT molecular complexity index is 1220. The highest BCUT2D eigenvalue weighted by Gasteiger charge is 2.30. The molecule has 0 saturated heterocycles. The molecule has 35 heavy (non-hydrogen) atoms. The summed E-state index contributed by atoms with van der Waals surface area (Å²) >= 11 is 5.04. The summed E-state index contributed by atoms with van der Waals surface area (Å²) in [4.78, 5) is 25.5. The first kappa shape index (κ1) is 25.9. The van der Waals surface area contributed by atoms with Crippen molar-refractivity contribution in [2.75, 3.05) is 5.32 Å². The van der Waals surface area contributed by atoms with Crippen molar-refractivity contribution in [3.8, 4) is 11.4 Å². The smallest absolute Gasteiger partial charge is 0.331 e. The molecular weight excluding hydrogens is 481 g/mol. The van der Waals surface area contributed by atoms with Gasteiger partial charge in [0.25, 0.3) is 5.91 Å². The lowest BCUT2D eigenvalue weighted by Gasteiger charge is -2.13. The van der Waals surface area contributed by atoms with Crippen LogP contribution < -0.4 is 21.9 Å². The molecule has 3 N–H and O–H groups in total. The number of carbonyl (C=O) groups is 1. The minimum absolute atomic E-state index is 0.0995. The van der Waals surface area contributed by atoms with Gasteiger partial charge in [0.1, 0.15) is 6.54 Å². The van der Waals surface area contributed by atoms with Crippen LogP contribution >= 0.6 is 12.2 Å². The summed E-state index contributed by atoms with van der Waals surface area (Å²) in [6.45, 7) is 2.15. The molecule has 0 unspecified atom stereocenters. The van der Waals surface area contributed by atoms with Crippen molar-refractivity contribution in [2.24, 2.45) is 0 Å². The minimum atomic E-state index is -4.49. The van der Waals surface area contributed by atoms with Gasteiger partial charge in [-0.25, -0.2) is 9.48 Å². The molecule has 186 valence electrons. The largest absolute Gasteiger partial charge is 0.416 e. The molecule has 1 heterocycles. The number of amides is 1. The van der Waals surface area contributed by atoms with Crippen LogP contribution in [0.4, 0.5) is 18.9 Å². The van der Waals surface area contributed by atoms with Crippen LogP contribution in [0.25, 0.3) is 11.4 Å². The fourth-order valence-electron chi connectivity index (χ4n) is 3.29. The zero-order valence-corrected chi connectivity index (χ0v) is 19.7. The number of hydrogen-bond donors (Lipinski definition) is 3. The highest BCUT2D eigenvalue weighted by molar-refractivity contribution is 7.80. The van der Waals surface area contributed by atoms with E-state index in [1.54, 1.807) is 24.3 Å². The Morgan fingerprint density at radius 3 is 2.49 bits per heavy atom. The topological polar surface area (TPSA) is 93.0 Å². The number of carbonyl (C=O) groups excluding carboxylic acids is 1. The second-order valence-corrected chi connectivity index (χ2v) is 8.10. The van der Waals surface area contributed by atoms with Crippen LogP contribution in [0.15, 0.2) is 59.4 Å². The van der Waals surface area contributed by atoms with Crippen LogP contribution in [0.1, 0.15) is 31.7 Å². The molecule has 0 radical (unpaired) electrons. The molecule has 0 atom stereocenters. The highest BCUT2D eigenvalue weighted by Crippen LogP contribution is 2.30. The van der Waals surface area contributed by atoms with Crippen LogP contribution in [-0.4, -0.2) is 25.4 Å². The number of anilines is 1. The Labute approximate surface area is 205 Å². The van der Waals surface area contributed by atoms with Crippen molar-refractivity contribution in [1.29, 1.82) is 0 Å². The quantitative estimate of drug-likeness (QED) is 0.244. The molecule has 1 aromatic heterocycles. The van der Waals surface area contributed by atoms with Crippen LogP contribution in [0.5, 0.6) is 0 Å². The van der Waals surface area contributed by atoms with E-state index < -0.39 is 23.3 Å². The minimum Gasteiger partial charge on any atom is -0.331 e. The zero-order chi connectivity index (χ0) is 25.4. The number of thiocarbonyl (C=S) groups is 1. The molecule has 1 amide bonds. The molecule has 3 aromatic rings. The van der Waals surface area contributed by atoms with E-state index >= 15 is 0 Å². The van der Waals surface area contributed by atoms with Gasteiger partial charge in [0.15, 0.2) is 10.9 Å². The number of rotatable bonds is 8. The van der Waals surface area contributed by atoms with Crippen molar-refractivity contribution in [2.45, 2.75) is 45.5 Å². The standard InChI is InChI=1S/C23H25F3N6O2S/c1-2-3-7-13-32-22(34)31(20(30-32)16-9-5-4-6-10-16)15-19(33)28-29-21(35)27-18-12-8-11-17(14-18)23(24,25)26/h4-6,8-12,14H,2-3,7,13,15H2,1H3,(H,28,33)(H2,27,29,35). The zero-order valence-electron chi connectivity index (χ0n) is 18.9. The molecule has 0 aliphatic heterocycles. The number of aryl methyl sites for hydroxylation is 1. The molecule has 8 nitrogen and oxygen atoms in total. The van der Waals surface area contributed by atoms with Gasteiger partial charge in [0, 0.05) is 17.8 Å². The fraction of sp³-hybridized carbons (Fsp3) is 0.304. The van der Waals surface area contributed by atoms with Gasteiger partial charge in [0.2, 0.25) is 0 Å². The molecule has 0 saturated carbocycles. The predicted molar refractivity (Wildman–Crippen MR) is 130 cm³/mol. The van der Waals surface area contributed by atoms with Crippen molar-refractivity contribution in [1.82, 2.24) is 25.2 Å². The number of benzene rings is 2. The van der Waals surface area contributed by atoms with Gasteiger partial charge in [-0.05, 0) is 36.8 Å². The lowest BCUT2D eigenvalue weighted by Crippen LogP contribution is -2.46. The third-order valence-corrected chi connectivity index (χ3v) is 5.20. The Kier molecular flexibility index (Phi) is 8.63. The normalized spacial score (nSPS) is 11.2. The number of unbranched alkanes of at least 4 members (excludes halogenated alkanes) is 2. The van der Waals surface area contributed by atoms with E-state index in [1.165, 1.54) is 21.4 Å². The molecule has 2 aromatic carbocycles. The summed E-state index contributed by atoms with van der Waals surface area (Å²) in [5, 5.41) is 6.87. The second-order valence-electron chi connectivity index (χ2n) is 7.69. The average Bonchev–Trinajstić information content (AvgIpc) is 3.13. The SMILES string of the molecule is CCCCCn1nc(-c2ccccc2)n(CC(=O)NNC(=S)Nc2cccc(C(F)(F)F)c2)c1=O. The molecule has 0 aliphatic carbocycles. The first-order valence-electron chi connectivity index (χ1n) is 10.9. The Morgan fingerprint density at radius 1 is 1.06 bits per heavy atom. The molecule has 0 spiro atoms. The van der Waals surface area contributed by atoms with Gasteiger partial charge < -0.3 is 5.32 Å².